The first-order chi connectivity index (χ1) is 10.0. The summed E-state index contributed by atoms with van der Waals surface area (Å²) >= 11 is 0. The van der Waals surface area contributed by atoms with Gasteiger partial charge in [-0.25, -0.2) is 0 Å². The van der Waals surface area contributed by atoms with Crippen LogP contribution in [0.15, 0.2) is 18.2 Å². The van der Waals surface area contributed by atoms with Crippen LogP contribution in [0.25, 0.3) is 0 Å². The molecule has 1 aliphatic rings. The third kappa shape index (κ3) is 3.63. The molecule has 1 aromatic rings. The lowest BCUT2D eigenvalue weighted by atomic mass is 10.1. The summed E-state index contributed by atoms with van der Waals surface area (Å²) in [5.74, 6) is 0.472. The van der Waals surface area contributed by atoms with Crippen LogP contribution < -0.4 is 20.9 Å². The lowest BCUT2D eigenvalue weighted by Gasteiger charge is -2.24. The number of rotatable bonds is 6. The fraction of sp³-hybridized carbons (Fsp3) is 0.429. The molecular formula is C14H19N3O4. The third-order valence-electron chi connectivity index (χ3n) is 3.24. The van der Waals surface area contributed by atoms with E-state index in [1.165, 1.54) is 0 Å². The van der Waals surface area contributed by atoms with Gasteiger partial charge >= 0.3 is 0 Å². The number of carbonyl (C=O) groups is 2. The smallest absolute Gasteiger partial charge is 0.240 e. The quantitative estimate of drug-likeness (QED) is 0.765. The minimum Gasteiger partial charge on any atom is -0.454 e. The maximum absolute atomic E-state index is 12.2. The number of nitrogens with zero attached hydrogens (tertiary/aromatic N) is 1. The molecule has 1 atom stereocenters. The van der Waals surface area contributed by atoms with Gasteiger partial charge in [-0.1, -0.05) is 6.07 Å². The average molecular weight is 293 g/mol. The van der Waals surface area contributed by atoms with Crippen LogP contribution in [0.1, 0.15) is 18.9 Å². The van der Waals surface area contributed by atoms with Crippen molar-refractivity contribution < 1.29 is 19.1 Å². The summed E-state index contributed by atoms with van der Waals surface area (Å²) in [5, 5.41) is 0. The van der Waals surface area contributed by atoms with E-state index >= 15 is 0 Å². The average Bonchev–Trinajstić information content (AvgIpc) is 2.90. The first-order valence-corrected chi connectivity index (χ1v) is 6.72. The van der Waals surface area contributed by atoms with E-state index in [1.54, 1.807) is 11.0 Å². The van der Waals surface area contributed by atoms with E-state index in [0.29, 0.717) is 24.6 Å². The molecule has 1 unspecified atom stereocenters. The highest BCUT2D eigenvalue weighted by Crippen LogP contribution is 2.32. The molecule has 0 bridgehead atoms. The summed E-state index contributed by atoms with van der Waals surface area (Å²) < 4.78 is 10.5. The highest BCUT2D eigenvalue weighted by molar-refractivity contribution is 5.87. The molecule has 0 aromatic heterocycles. The van der Waals surface area contributed by atoms with Gasteiger partial charge in [-0.15, -0.1) is 0 Å². The second-order valence-electron chi connectivity index (χ2n) is 4.82. The standard InChI is InChI=1S/C14H19N3O4/c1-2-17(14(19)10(15)6-13(16)18)7-9-3-4-11-12(5-9)21-8-20-11/h3-5,10H,2,6-8,15H2,1H3,(H2,16,18). The fourth-order valence-corrected chi connectivity index (χ4v) is 2.14. The van der Waals surface area contributed by atoms with Crippen molar-refractivity contribution in [2.24, 2.45) is 11.5 Å². The molecule has 114 valence electrons. The van der Waals surface area contributed by atoms with E-state index in [0.717, 1.165) is 5.56 Å². The van der Waals surface area contributed by atoms with Gasteiger partial charge in [0, 0.05) is 13.1 Å². The molecule has 7 nitrogen and oxygen atoms in total. The second-order valence-corrected chi connectivity index (χ2v) is 4.82. The van der Waals surface area contributed by atoms with E-state index in [9.17, 15) is 9.59 Å². The largest absolute Gasteiger partial charge is 0.454 e. The molecule has 21 heavy (non-hydrogen) atoms. The van der Waals surface area contributed by atoms with E-state index in [-0.39, 0.29) is 19.1 Å². The molecule has 0 saturated heterocycles. The van der Waals surface area contributed by atoms with Crippen LogP contribution in [0.3, 0.4) is 0 Å². The topological polar surface area (TPSA) is 108 Å². The predicted octanol–water partition coefficient (Wildman–Crippen LogP) is -0.0335. The van der Waals surface area contributed by atoms with Crippen molar-refractivity contribution in [2.45, 2.75) is 25.9 Å². The molecule has 0 spiro atoms. The maximum atomic E-state index is 12.2. The summed E-state index contributed by atoms with van der Waals surface area (Å²) in [4.78, 5) is 24.6. The van der Waals surface area contributed by atoms with E-state index < -0.39 is 11.9 Å². The van der Waals surface area contributed by atoms with E-state index in [2.05, 4.69) is 0 Å². The third-order valence-corrected chi connectivity index (χ3v) is 3.24. The molecule has 1 aromatic carbocycles. The summed E-state index contributed by atoms with van der Waals surface area (Å²) in [6.45, 7) is 2.93. The summed E-state index contributed by atoms with van der Waals surface area (Å²) in [6.07, 6.45) is -0.156. The zero-order valence-electron chi connectivity index (χ0n) is 11.9. The van der Waals surface area contributed by atoms with Gasteiger partial charge in [0.1, 0.15) is 0 Å². The van der Waals surface area contributed by atoms with Gasteiger partial charge < -0.3 is 25.8 Å². The molecule has 0 fully saturated rings. The Labute approximate surface area is 122 Å². The van der Waals surface area contributed by atoms with Gasteiger partial charge in [0.2, 0.25) is 18.6 Å². The minimum atomic E-state index is -0.906. The fourth-order valence-electron chi connectivity index (χ4n) is 2.14. The summed E-state index contributed by atoms with van der Waals surface area (Å²) in [5.41, 5.74) is 11.7. The maximum Gasteiger partial charge on any atom is 0.240 e. The van der Waals surface area contributed by atoms with Crippen molar-refractivity contribution >= 4 is 11.8 Å². The first kappa shape index (κ1) is 15.1. The molecule has 0 aliphatic carbocycles. The molecule has 1 heterocycles. The number of benzene rings is 1. The Morgan fingerprint density at radius 2 is 2.05 bits per heavy atom. The Morgan fingerprint density at radius 1 is 1.33 bits per heavy atom. The van der Waals surface area contributed by atoms with Gasteiger partial charge in [0.15, 0.2) is 11.5 Å². The molecule has 0 radical (unpaired) electrons. The monoisotopic (exact) mass is 293 g/mol. The number of likely N-dealkylation sites (N-methyl/N-ethyl adjacent to an activating group) is 1. The minimum absolute atomic E-state index is 0.156. The summed E-state index contributed by atoms with van der Waals surface area (Å²) in [6, 6.07) is 4.59. The van der Waals surface area contributed by atoms with Crippen LogP contribution in [0.2, 0.25) is 0 Å². The number of hydrogen-bond acceptors (Lipinski definition) is 5. The van der Waals surface area contributed by atoms with Crippen molar-refractivity contribution in [3.63, 3.8) is 0 Å². The molecule has 2 rings (SSSR count). The number of hydrogen-bond donors (Lipinski definition) is 2. The van der Waals surface area contributed by atoms with Crippen LogP contribution in [0, 0.1) is 0 Å². The molecule has 7 heteroatoms. The van der Waals surface area contributed by atoms with E-state index in [4.69, 9.17) is 20.9 Å². The zero-order valence-corrected chi connectivity index (χ0v) is 11.9. The second kappa shape index (κ2) is 6.45. The lowest BCUT2D eigenvalue weighted by Crippen LogP contribution is -2.45. The van der Waals surface area contributed by atoms with Crippen LogP contribution in [-0.2, 0) is 16.1 Å². The van der Waals surface area contributed by atoms with Gasteiger partial charge in [-0.3, -0.25) is 9.59 Å². The lowest BCUT2D eigenvalue weighted by molar-refractivity contribution is -0.135. The van der Waals surface area contributed by atoms with Gasteiger partial charge in [-0.2, -0.15) is 0 Å². The van der Waals surface area contributed by atoms with Crippen LogP contribution in [0.5, 0.6) is 11.5 Å². The Morgan fingerprint density at radius 3 is 2.71 bits per heavy atom. The Kier molecular flexibility index (Phi) is 4.64. The van der Waals surface area contributed by atoms with Crippen molar-refractivity contribution in [3.05, 3.63) is 23.8 Å². The Bertz CT molecular complexity index is 547. The first-order valence-electron chi connectivity index (χ1n) is 6.72. The Hall–Kier alpha value is -2.28. The highest BCUT2D eigenvalue weighted by Gasteiger charge is 2.22. The normalized spacial score (nSPS) is 13.8. The van der Waals surface area contributed by atoms with Crippen molar-refractivity contribution in [1.29, 1.82) is 0 Å². The van der Waals surface area contributed by atoms with Gasteiger partial charge in [0.05, 0.1) is 12.5 Å². The van der Waals surface area contributed by atoms with Crippen molar-refractivity contribution in [2.75, 3.05) is 13.3 Å². The molecule has 1 aliphatic heterocycles. The number of carbonyl (C=O) groups excluding carboxylic acids is 2. The predicted molar refractivity (Wildman–Crippen MR) is 75.4 cm³/mol. The van der Waals surface area contributed by atoms with Crippen molar-refractivity contribution in [3.8, 4) is 11.5 Å². The van der Waals surface area contributed by atoms with Crippen LogP contribution in [0.4, 0.5) is 0 Å². The Balaban J connectivity index is 2.04. The molecule has 0 saturated carbocycles. The van der Waals surface area contributed by atoms with Crippen LogP contribution >= 0.6 is 0 Å². The number of ether oxygens (including phenoxy) is 2. The molecule has 4 N–H and O–H groups in total. The number of amides is 2. The highest BCUT2D eigenvalue weighted by atomic mass is 16.7. The van der Waals surface area contributed by atoms with Gasteiger partial charge in [-0.05, 0) is 24.6 Å². The van der Waals surface area contributed by atoms with Crippen molar-refractivity contribution in [1.82, 2.24) is 4.90 Å². The summed E-state index contributed by atoms with van der Waals surface area (Å²) in [7, 11) is 0. The van der Waals surface area contributed by atoms with Gasteiger partial charge in [0.25, 0.3) is 0 Å². The zero-order chi connectivity index (χ0) is 15.4. The van der Waals surface area contributed by atoms with E-state index in [1.807, 2.05) is 19.1 Å². The number of primary amides is 1. The molecular weight excluding hydrogens is 274 g/mol. The number of fused-ring (bicyclic) bond motifs is 1. The SMILES string of the molecule is CCN(Cc1ccc2c(c1)OCO2)C(=O)C(N)CC(N)=O. The number of nitrogens with two attached hydrogens (primary N) is 2. The molecule has 2 amide bonds. The van der Waals surface area contributed by atoms with Crippen LogP contribution in [-0.4, -0.2) is 36.1 Å².